The average Bonchev–Trinajstić information content (AvgIpc) is 2.53. The van der Waals surface area contributed by atoms with Crippen molar-refractivity contribution in [1.82, 2.24) is 0 Å². The molecule has 0 radical (unpaired) electrons. The number of hydrogen-bond acceptors (Lipinski definition) is 4. The first kappa shape index (κ1) is 15.3. The topological polar surface area (TPSA) is 27.7 Å². The molecule has 116 valence electrons. The zero-order chi connectivity index (χ0) is 14.8. The van der Waals surface area contributed by atoms with Crippen LogP contribution in [0.5, 0.6) is 0 Å². The van der Waals surface area contributed by atoms with Gasteiger partial charge < -0.3 is 14.2 Å². The highest BCUT2D eigenvalue weighted by Gasteiger charge is 2.46. The summed E-state index contributed by atoms with van der Waals surface area (Å²) in [6, 6.07) is 10.2. The lowest BCUT2D eigenvalue weighted by Gasteiger charge is -2.48. The Hall–Kier alpha value is -0.550. The molecule has 21 heavy (non-hydrogen) atoms. The molecule has 2 fully saturated rings. The highest BCUT2D eigenvalue weighted by molar-refractivity contribution is 7.99. The van der Waals surface area contributed by atoms with E-state index in [-0.39, 0.29) is 23.9 Å². The molecule has 3 nitrogen and oxygen atoms in total. The van der Waals surface area contributed by atoms with E-state index in [1.165, 1.54) is 0 Å². The summed E-state index contributed by atoms with van der Waals surface area (Å²) in [6.45, 7) is 7.34. The maximum absolute atomic E-state index is 6.23. The van der Waals surface area contributed by atoms with Gasteiger partial charge in [-0.3, -0.25) is 0 Å². The van der Waals surface area contributed by atoms with Gasteiger partial charge in [0, 0.05) is 5.56 Å². The van der Waals surface area contributed by atoms with Crippen molar-refractivity contribution in [3.8, 4) is 0 Å². The van der Waals surface area contributed by atoms with Crippen LogP contribution in [0, 0.1) is 11.8 Å². The fraction of sp³-hybridized carbons (Fsp3) is 0.647. The lowest BCUT2D eigenvalue weighted by Crippen LogP contribution is -2.54. The van der Waals surface area contributed by atoms with Gasteiger partial charge in [-0.25, -0.2) is 0 Å². The van der Waals surface area contributed by atoms with E-state index >= 15 is 0 Å². The molecule has 1 aromatic rings. The highest BCUT2D eigenvalue weighted by atomic mass is 32.2. The van der Waals surface area contributed by atoms with Crippen molar-refractivity contribution in [2.24, 2.45) is 11.8 Å². The summed E-state index contributed by atoms with van der Waals surface area (Å²) in [5.41, 5.74) is 1.34. The minimum atomic E-state index is -0.263. The predicted octanol–water partition coefficient (Wildman–Crippen LogP) is 3.85. The molecule has 0 saturated carbocycles. The lowest BCUT2D eigenvalue weighted by molar-refractivity contribution is -0.300. The Labute approximate surface area is 131 Å². The Bertz CT molecular complexity index is 451. The van der Waals surface area contributed by atoms with E-state index in [9.17, 15) is 0 Å². The van der Waals surface area contributed by atoms with Crippen molar-refractivity contribution in [2.75, 3.05) is 12.4 Å². The van der Waals surface area contributed by atoms with Gasteiger partial charge >= 0.3 is 0 Å². The second kappa shape index (κ2) is 6.69. The highest BCUT2D eigenvalue weighted by Crippen LogP contribution is 2.41. The number of fused-ring (bicyclic) bond motifs is 1. The number of rotatable bonds is 3. The predicted molar refractivity (Wildman–Crippen MR) is 85.1 cm³/mol. The molecule has 0 aromatic heterocycles. The van der Waals surface area contributed by atoms with E-state index in [0.717, 1.165) is 11.3 Å². The molecule has 6 atom stereocenters. The van der Waals surface area contributed by atoms with Gasteiger partial charge in [0.2, 0.25) is 0 Å². The van der Waals surface area contributed by atoms with Crippen LogP contribution in [-0.4, -0.2) is 30.0 Å². The zero-order valence-corrected chi connectivity index (χ0v) is 13.7. The van der Waals surface area contributed by atoms with E-state index in [4.69, 9.17) is 14.2 Å². The molecular formula is C17H24O3S. The summed E-state index contributed by atoms with van der Waals surface area (Å²) >= 11 is 1.88. The average molecular weight is 308 g/mol. The lowest BCUT2D eigenvalue weighted by atomic mass is 9.85. The van der Waals surface area contributed by atoms with Crippen molar-refractivity contribution in [3.05, 3.63) is 35.9 Å². The van der Waals surface area contributed by atoms with Crippen LogP contribution in [0.2, 0.25) is 0 Å². The normalized spacial score (nSPS) is 39.8. The summed E-state index contributed by atoms with van der Waals surface area (Å²) in [5.74, 6) is 2.04. The van der Waals surface area contributed by atoms with Gasteiger partial charge in [-0.2, -0.15) is 0 Å². The molecule has 4 heteroatoms. The maximum atomic E-state index is 6.23. The van der Waals surface area contributed by atoms with Gasteiger partial charge in [-0.05, 0) is 17.6 Å². The third-order valence-corrected chi connectivity index (χ3v) is 5.75. The Morgan fingerprint density at radius 3 is 2.57 bits per heavy atom. The Balaban J connectivity index is 1.71. The van der Waals surface area contributed by atoms with Crippen LogP contribution in [-0.2, 0) is 14.2 Å². The van der Waals surface area contributed by atoms with Gasteiger partial charge in [0.15, 0.2) is 6.29 Å². The Morgan fingerprint density at radius 1 is 1.10 bits per heavy atom. The minimum absolute atomic E-state index is 0.0558. The monoisotopic (exact) mass is 308 g/mol. The first-order chi connectivity index (χ1) is 10.2. The molecule has 2 saturated heterocycles. The molecule has 0 N–H and O–H groups in total. The molecule has 5 unspecified atom stereocenters. The van der Waals surface area contributed by atoms with Crippen molar-refractivity contribution in [2.45, 2.75) is 44.7 Å². The smallest absolute Gasteiger partial charge is 0.184 e. The van der Waals surface area contributed by atoms with Gasteiger partial charge in [-0.1, -0.05) is 51.1 Å². The van der Waals surface area contributed by atoms with Crippen molar-refractivity contribution in [3.63, 3.8) is 0 Å². The second-order valence-corrected chi connectivity index (χ2v) is 7.27. The van der Waals surface area contributed by atoms with E-state index < -0.39 is 0 Å². The molecule has 2 aliphatic heterocycles. The van der Waals surface area contributed by atoms with Gasteiger partial charge in [0.25, 0.3) is 0 Å². The fourth-order valence-electron chi connectivity index (χ4n) is 3.11. The van der Waals surface area contributed by atoms with E-state index in [1.807, 2.05) is 30.0 Å². The zero-order valence-electron chi connectivity index (χ0n) is 12.9. The quantitative estimate of drug-likeness (QED) is 0.847. The first-order valence-corrected chi connectivity index (χ1v) is 8.84. The van der Waals surface area contributed by atoms with Crippen LogP contribution in [0.25, 0.3) is 0 Å². The summed E-state index contributed by atoms with van der Waals surface area (Å²) in [6.07, 6.45) is -0.0889. The van der Waals surface area contributed by atoms with Crippen molar-refractivity contribution >= 4 is 11.8 Å². The van der Waals surface area contributed by atoms with Crippen LogP contribution in [0.4, 0.5) is 0 Å². The number of thioether (sulfide) groups is 1. The first-order valence-electron chi connectivity index (χ1n) is 7.79. The van der Waals surface area contributed by atoms with Crippen LogP contribution in [0.15, 0.2) is 30.3 Å². The molecular weight excluding hydrogens is 284 g/mol. The summed E-state index contributed by atoms with van der Waals surface area (Å²) in [5, 5.41) is 0. The van der Waals surface area contributed by atoms with Crippen molar-refractivity contribution in [1.29, 1.82) is 0 Å². The second-order valence-electron chi connectivity index (χ2n) is 5.89. The minimum Gasteiger partial charge on any atom is -0.359 e. The molecule has 2 aliphatic rings. The Kier molecular flexibility index (Phi) is 4.89. The summed E-state index contributed by atoms with van der Waals surface area (Å²) in [4.78, 5) is 0. The van der Waals surface area contributed by atoms with Gasteiger partial charge in [0.1, 0.15) is 11.5 Å². The SMILES string of the molecule is CCS[C@@H]1OC2COC(c3ccccc3)OC2C(C)C1C. The van der Waals surface area contributed by atoms with Crippen LogP contribution >= 0.6 is 11.8 Å². The third kappa shape index (κ3) is 3.14. The molecule has 0 bridgehead atoms. The number of benzene rings is 1. The van der Waals surface area contributed by atoms with Crippen LogP contribution < -0.4 is 0 Å². The Morgan fingerprint density at radius 2 is 1.86 bits per heavy atom. The molecule has 0 amide bonds. The van der Waals surface area contributed by atoms with E-state index in [1.54, 1.807) is 0 Å². The molecule has 0 aliphatic carbocycles. The molecule has 1 aromatic carbocycles. The fourth-order valence-corrected chi connectivity index (χ4v) is 4.21. The van der Waals surface area contributed by atoms with Crippen LogP contribution in [0.3, 0.4) is 0 Å². The third-order valence-electron chi connectivity index (χ3n) is 4.55. The van der Waals surface area contributed by atoms with Crippen LogP contribution in [0.1, 0.15) is 32.6 Å². The van der Waals surface area contributed by atoms with Crippen molar-refractivity contribution < 1.29 is 14.2 Å². The van der Waals surface area contributed by atoms with E-state index in [0.29, 0.717) is 18.4 Å². The number of ether oxygens (including phenoxy) is 3. The van der Waals surface area contributed by atoms with Gasteiger partial charge in [0.05, 0.1) is 12.7 Å². The standard InChI is InChI=1S/C17H24O3S/c1-4-21-17-12(3)11(2)15-14(19-17)10-18-16(20-15)13-8-6-5-7-9-13/h5-9,11-12,14-17H,4,10H2,1-3H3/t11?,12?,14?,15?,16?,17-/m0/s1. The largest absolute Gasteiger partial charge is 0.359 e. The summed E-state index contributed by atoms with van der Waals surface area (Å²) < 4.78 is 18.3. The number of hydrogen-bond donors (Lipinski definition) is 0. The molecule has 2 heterocycles. The van der Waals surface area contributed by atoms with E-state index in [2.05, 4.69) is 32.9 Å². The van der Waals surface area contributed by atoms with Gasteiger partial charge in [-0.15, -0.1) is 11.8 Å². The molecule has 0 spiro atoms. The maximum Gasteiger partial charge on any atom is 0.184 e. The molecule has 3 rings (SSSR count). The summed E-state index contributed by atoms with van der Waals surface area (Å²) in [7, 11) is 0.